The number of likely N-dealkylation sites (tertiary alicyclic amines) is 1. The molecule has 0 spiro atoms. The van der Waals surface area contributed by atoms with Crippen LogP contribution in [0, 0.1) is 0 Å². The Morgan fingerprint density at radius 2 is 1.75 bits per heavy atom. The number of piperidine rings is 1. The highest BCUT2D eigenvalue weighted by Gasteiger charge is 2.35. The van der Waals surface area contributed by atoms with Crippen molar-refractivity contribution in [3.8, 4) is 0 Å². The van der Waals surface area contributed by atoms with Crippen molar-refractivity contribution >= 4 is 41.0 Å². The molecule has 234 valence electrons. The van der Waals surface area contributed by atoms with Gasteiger partial charge in [0.15, 0.2) is 5.82 Å². The van der Waals surface area contributed by atoms with E-state index in [9.17, 15) is 9.90 Å². The van der Waals surface area contributed by atoms with Crippen molar-refractivity contribution in [2.24, 2.45) is 0 Å². The molecule has 44 heavy (non-hydrogen) atoms. The number of rotatable bonds is 10. The summed E-state index contributed by atoms with van der Waals surface area (Å²) in [4.78, 5) is 22.3. The van der Waals surface area contributed by atoms with Crippen LogP contribution < -0.4 is 10.6 Å². The Hall–Kier alpha value is -3.70. The summed E-state index contributed by atoms with van der Waals surface area (Å²) in [6, 6.07) is 14.7. The van der Waals surface area contributed by atoms with Crippen molar-refractivity contribution in [3.63, 3.8) is 0 Å². The molecule has 2 aliphatic heterocycles. The van der Waals surface area contributed by atoms with Gasteiger partial charge in [0.2, 0.25) is 5.95 Å². The smallest absolute Gasteiger partial charge is 0.251 e. The lowest BCUT2D eigenvalue weighted by atomic mass is 9.84. The third-order valence-corrected chi connectivity index (χ3v) is 8.45. The van der Waals surface area contributed by atoms with Gasteiger partial charge < -0.3 is 25.4 Å². The number of carbonyl (C=O) groups is 1. The maximum Gasteiger partial charge on any atom is 0.251 e. The monoisotopic (exact) mass is 619 g/mol. The summed E-state index contributed by atoms with van der Waals surface area (Å²) in [7, 11) is 0. The molecule has 0 bridgehead atoms. The van der Waals surface area contributed by atoms with Gasteiger partial charge in [-0.2, -0.15) is 4.98 Å². The van der Waals surface area contributed by atoms with Crippen LogP contribution in [0.1, 0.15) is 55.4 Å². The number of halogens is 1. The number of hydrogen-bond donors (Lipinski definition) is 3. The van der Waals surface area contributed by atoms with Crippen molar-refractivity contribution < 1.29 is 14.6 Å². The number of allylic oxidation sites excluding steroid dienone is 1. The zero-order chi connectivity index (χ0) is 31.3. The number of amides is 1. The van der Waals surface area contributed by atoms with E-state index in [0.29, 0.717) is 48.3 Å². The lowest BCUT2D eigenvalue weighted by molar-refractivity contribution is -0.0141. The van der Waals surface area contributed by atoms with E-state index in [1.165, 1.54) is 0 Å². The standard InChI is InChI=1S/C33H42ClN7O3/c1-5-28(40-17-15-33(43,16-18-40)25-9-11-26(34)12-10-25)29-36-31(38-41(29)6-2)35-27-13-7-24(8-14-27)30(42)37-32(3,4)23-39-19-21-44-22-20-39/h5-14,43H,2,15-23H2,1,3-4H3,(H,35,38)(H,37,42)/b28-5+. The van der Waals surface area contributed by atoms with Gasteiger partial charge in [-0.15, -0.1) is 5.10 Å². The zero-order valence-corrected chi connectivity index (χ0v) is 26.5. The van der Waals surface area contributed by atoms with Crippen LogP contribution in [0.4, 0.5) is 11.6 Å². The molecule has 0 unspecified atom stereocenters. The lowest BCUT2D eigenvalue weighted by Gasteiger charge is -2.40. The largest absolute Gasteiger partial charge is 0.385 e. The molecular weight excluding hydrogens is 578 g/mol. The minimum Gasteiger partial charge on any atom is -0.385 e. The maximum absolute atomic E-state index is 13.0. The predicted octanol–water partition coefficient (Wildman–Crippen LogP) is 4.96. The predicted molar refractivity (Wildman–Crippen MR) is 175 cm³/mol. The van der Waals surface area contributed by atoms with Gasteiger partial charge in [0, 0.05) is 60.7 Å². The SMILES string of the molecule is C=Cn1nc(Nc2ccc(C(=O)NC(C)(C)CN3CCOCC3)cc2)nc1/C(=C\C)N1CCC(O)(c2ccc(Cl)cc2)CC1. The van der Waals surface area contributed by atoms with E-state index in [-0.39, 0.29) is 11.4 Å². The molecule has 2 saturated heterocycles. The molecular formula is C33H42ClN7O3. The van der Waals surface area contributed by atoms with Gasteiger partial charge in [0.25, 0.3) is 5.91 Å². The Bertz CT molecular complexity index is 1470. The Kier molecular flexibility index (Phi) is 9.75. The number of carbonyl (C=O) groups excluding carboxylic acids is 1. The van der Waals surface area contributed by atoms with Crippen molar-refractivity contribution in [2.45, 2.75) is 44.8 Å². The molecule has 11 heteroatoms. The summed E-state index contributed by atoms with van der Waals surface area (Å²) in [5.74, 6) is 0.951. The Labute approximate surface area is 264 Å². The fourth-order valence-corrected chi connectivity index (χ4v) is 5.99. The second kappa shape index (κ2) is 13.5. The average molecular weight is 620 g/mol. The molecule has 3 heterocycles. The molecule has 0 radical (unpaired) electrons. The summed E-state index contributed by atoms with van der Waals surface area (Å²) in [6.45, 7) is 15.2. The van der Waals surface area contributed by atoms with Crippen LogP contribution in [0.25, 0.3) is 11.9 Å². The third-order valence-electron chi connectivity index (χ3n) is 8.20. The molecule has 0 atom stereocenters. The first-order valence-electron chi connectivity index (χ1n) is 15.1. The van der Waals surface area contributed by atoms with Crippen molar-refractivity contribution in [2.75, 3.05) is 51.3 Å². The lowest BCUT2D eigenvalue weighted by Crippen LogP contribution is -2.53. The van der Waals surface area contributed by atoms with Gasteiger partial charge in [-0.25, -0.2) is 4.68 Å². The molecule has 3 aromatic rings. The van der Waals surface area contributed by atoms with Crippen LogP contribution in [0.15, 0.2) is 61.2 Å². The second-order valence-corrected chi connectivity index (χ2v) is 12.5. The summed E-state index contributed by atoms with van der Waals surface area (Å²) >= 11 is 6.05. The Morgan fingerprint density at radius 1 is 1.09 bits per heavy atom. The number of benzene rings is 2. The first kappa shape index (κ1) is 31.7. The molecule has 10 nitrogen and oxygen atoms in total. The minimum atomic E-state index is -0.902. The highest BCUT2D eigenvalue weighted by atomic mass is 35.5. The number of ether oxygens (including phenoxy) is 1. The van der Waals surface area contributed by atoms with E-state index in [4.69, 9.17) is 21.3 Å². The normalized spacial score (nSPS) is 17.8. The van der Waals surface area contributed by atoms with Crippen LogP contribution >= 0.6 is 11.6 Å². The number of anilines is 2. The van der Waals surface area contributed by atoms with Gasteiger partial charge in [-0.05, 0) is 75.6 Å². The molecule has 3 N–H and O–H groups in total. The Balaban J connectivity index is 1.21. The number of nitrogens with one attached hydrogen (secondary N) is 2. The molecule has 2 aromatic carbocycles. The van der Waals surface area contributed by atoms with E-state index in [1.807, 2.05) is 63.2 Å². The van der Waals surface area contributed by atoms with E-state index >= 15 is 0 Å². The first-order chi connectivity index (χ1) is 21.1. The van der Waals surface area contributed by atoms with Crippen LogP contribution in [0.2, 0.25) is 5.02 Å². The molecule has 2 aliphatic rings. The van der Waals surface area contributed by atoms with Gasteiger partial charge in [0.05, 0.1) is 24.5 Å². The van der Waals surface area contributed by atoms with Gasteiger partial charge in [-0.1, -0.05) is 36.4 Å². The Morgan fingerprint density at radius 3 is 2.36 bits per heavy atom. The highest BCUT2D eigenvalue weighted by molar-refractivity contribution is 6.30. The fourth-order valence-electron chi connectivity index (χ4n) is 5.87. The number of morpholine rings is 1. The van der Waals surface area contributed by atoms with Crippen LogP contribution in [0.3, 0.4) is 0 Å². The molecule has 0 aliphatic carbocycles. The van der Waals surface area contributed by atoms with Crippen molar-refractivity contribution in [1.82, 2.24) is 29.9 Å². The molecule has 1 aromatic heterocycles. The third kappa shape index (κ3) is 7.50. The summed E-state index contributed by atoms with van der Waals surface area (Å²) in [5, 5.41) is 23.0. The summed E-state index contributed by atoms with van der Waals surface area (Å²) in [6.07, 6.45) is 4.78. The van der Waals surface area contributed by atoms with E-state index in [0.717, 1.165) is 49.8 Å². The number of aromatic nitrogens is 3. The van der Waals surface area contributed by atoms with E-state index < -0.39 is 5.60 Å². The number of aliphatic hydroxyl groups is 1. The number of nitrogens with zero attached hydrogens (tertiary/aromatic N) is 5. The van der Waals surface area contributed by atoms with Crippen molar-refractivity contribution in [3.05, 3.63) is 83.2 Å². The van der Waals surface area contributed by atoms with Crippen LogP contribution in [-0.4, -0.2) is 87.1 Å². The van der Waals surface area contributed by atoms with E-state index in [2.05, 4.69) is 32.1 Å². The maximum atomic E-state index is 13.0. The molecule has 2 fully saturated rings. The van der Waals surface area contributed by atoms with Crippen LogP contribution in [-0.2, 0) is 10.3 Å². The quantitative estimate of drug-likeness (QED) is 0.292. The first-order valence-corrected chi connectivity index (χ1v) is 15.5. The number of hydrogen-bond acceptors (Lipinski definition) is 8. The van der Waals surface area contributed by atoms with Crippen molar-refractivity contribution in [1.29, 1.82) is 0 Å². The summed E-state index contributed by atoms with van der Waals surface area (Å²) < 4.78 is 7.08. The van der Waals surface area contributed by atoms with Gasteiger partial charge in [-0.3, -0.25) is 9.69 Å². The zero-order valence-electron chi connectivity index (χ0n) is 25.7. The average Bonchev–Trinajstić information content (AvgIpc) is 3.41. The molecule has 0 saturated carbocycles. The second-order valence-electron chi connectivity index (χ2n) is 12.0. The molecule has 1 amide bonds. The fraction of sp³-hybridized carbons (Fsp3) is 0.424. The topological polar surface area (TPSA) is 108 Å². The van der Waals surface area contributed by atoms with E-state index in [1.54, 1.807) is 23.0 Å². The summed E-state index contributed by atoms with van der Waals surface area (Å²) in [5.41, 5.74) is 1.85. The van der Waals surface area contributed by atoms with Crippen LogP contribution in [0.5, 0.6) is 0 Å². The van der Waals surface area contributed by atoms with Gasteiger partial charge >= 0.3 is 0 Å². The highest BCUT2D eigenvalue weighted by Crippen LogP contribution is 2.36. The molecule has 5 rings (SSSR count). The van der Waals surface area contributed by atoms with Gasteiger partial charge in [0.1, 0.15) is 0 Å². The minimum absolute atomic E-state index is 0.117.